The number of benzene rings is 1. The van der Waals surface area contributed by atoms with E-state index in [1.54, 1.807) is 11.0 Å². The van der Waals surface area contributed by atoms with Crippen molar-refractivity contribution in [3.05, 3.63) is 50.8 Å². The van der Waals surface area contributed by atoms with E-state index in [-0.39, 0.29) is 22.4 Å². The Balaban J connectivity index is 1.70. The second-order valence-electron chi connectivity index (χ2n) is 5.75. The number of nitrogens with zero attached hydrogens (tertiary/aromatic N) is 2. The van der Waals surface area contributed by atoms with Gasteiger partial charge in [0, 0.05) is 30.0 Å². The van der Waals surface area contributed by atoms with Gasteiger partial charge in [0.25, 0.3) is 5.91 Å². The number of hydrogen-bond donors (Lipinski definition) is 2. The standard InChI is InChI=1S/C17H13ClN2O4S/c18-12-5-10(14(21)6-15(12)22)16-11-7-20(3-1-13(11)19-24-16)17(23)9-2-4-25-8-9/h2,4-6,8,21-22H,1,3,7H2. The molecule has 0 bridgehead atoms. The summed E-state index contributed by atoms with van der Waals surface area (Å²) in [4.78, 5) is 14.3. The van der Waals surface area contributed by atoms with Crippen LogP contribution in [-0.2, 0) is 13.0 Å². The summed E-state index contributed by atoms with van der Waals surface area (Å²) in [7, 11) is 0. The first kappa shape index (κ1) is 16.0. The quantitative estimate of drug-likeness (QED) is 0.712. The van der Waals surface area contributed by atoms with E-state index >= 15 is 0 Å². The Morgan fingerprint density at radius 2 is 2.16 bits per heavy atom. The van der Waals surface area contributed by atoms with Crippen LogP contribution < -0.4 is 0 Å². The third-order valence-corrected chi connectivity index (χ3v) is 5.19. The van der Waals surface area contributed by atoms with Crippen LogP contribution in [0.3, 0.4) is 0 Å². The number of carbonyl (C=O) groups is 1. The molecule has 0 radical (unpaired) electrons. The molecule has 1 amide bonds. The Labute approximate surface area is 151 Å². The molecule has 1 aromatic carbocycles. The average molecular weight is 377 g/mol. The molecule has 0 saturated heterocycles. The van der Waals surface area contributed by atoms with Crippen LogP contribution >= 0.6 is 22.9 Å². The molecule has 6 nitrogen and oxygen atoms in total. The van der Waals surface area contributed by atoms with E-state index < -0.39 is 0 Å². The monoisotopic (exact) mass is 376 g/mol. The molecule has 4 rings (SSSR count). The molecule has 0 unspecified atom stereocenters. The molecule has 3 aromatic rings. The Morgan fingerprint density at radius 3 is 2.92 bits per heavy atom. The van der Waals surface area contributed by atoms with Gasteiger partial charge < -0.3 is 19.6 Å². The highest BCUT2D eigenvalue weighted by atomic mass is 35.5. The van der Waals surface area contributed by atoms with E-state index in [0.29, 0.717) is 36.4 Å². The lowest BCUT2D eigenvalue weighted by atomic mass is 10.0. The van der Waals surface area contributed by atoms with Gasteiger partial charge >= 0.3 is 0 Å². The van der Waals surface area contributed by atoms with E-state index in [2.05, 4.69) is 5.16 Å². The van der Waals surface area contributed by atoms with Gasteiger partial charge in [-0.3, -0.25) is 4.79 Å². The normalized spacial score (nSPS) is 13.7. The number of phenolic OH excluding ortho intramolecular Hbond substituents is 2. The fourth-order valence-corrected chi connectivity index (χ4v) is 3.69. The summed E-state index contributed by atoms with van der Waals surface area (Å²) in [5, 5.41) is 27.6. The minimum atomic E-state index is -0.217. The van der Waals surface area contributed by atoms with Gasteiger partial charge in [0.2, 0.25) is 0 Å². The maximum atomic E-state index is 12.6. The van der Waals surface area contributed by atoms with Crippen LogP contribution in [0.1, 0.15) is 21.6 Å². The Kier molecular flexibility index (Phi) is 3.89. The van der Waals surface area contributed by atoms with E-state index in [0.717, 1.165) is 17.3 Å². The third kappa shape index (κ3) is 2.75. The molecule has 0 spiro atoms. The molecule has 0 atom stereocenters. The van der Waals surface area contributed by atoms with Gasteiger partial charge in [0.1, 0.15) is 11.5 Å². The Bertz CT molecular complexity index is 952. The molecular weight excluding hydrogens is 364 g/mol. The fraction of sp³-hybridized carbons (Fsp3) is 0.176. The second-order valence-corrected chi connectivity index (χ2v) is 6.93. The fourth-order valence-electron chi connectivity index (χ4n) is 2.90. The summed E-state index contributed by atoms with van der Waals surface area (Å²) >= 11 is 7.42. The van der Waals surface area contributed by atoms with Crippen LogP contribution in [0.25, 0.3) is 11.3 Å². The summed E-state index contributed by atoms with van der Waals surface area (Å²) in [5.41, 5.74) is 2.49. The number of halogens is 1. The Morgan fingerprint density at radius 1 is 1.32 bits per heavy atom. The molecule has 3 heterocycles. The third-order valence-electron chi connectivity index (χ3n) is 4.20. The van der Waals surface area contributed by atoms with E-state index in [9.17, 15) is 15.0 Å². The van der Waals surface area contributed by atoms with Gasteiger partial charge in [-0.1, -0.05) is 16.8 Å². The van der Waals surface area contributed by atoms with Crippen molar-refractivity contribution in [2.75, 3.05) is 6.54 Å². The molecule has 0 aliphatic carbocycles. The summed E-state index contributed by atoms with van der Waals surface area (Å²) in [6.07, 6.45) is 0.571. The number of carbonyl (C=O) groups excluding carboxylic acids is 1. The Hall–Kier alpha value is -2.51. The van der Waals surface area contributed by atoms with Crippen molar-refractivity contribution in [3.63, 3.8) is 0 Å². The minimum Gasteiger partial charge on any atom is -0.507 e. The van der Waals surface area contributed by atoms with E-state index in [1.165, 1.54) is 17.4 Å². The van der Waals surface area contributed by atoms with Crippen LogP contribution in [0.5, 0.6) is 11.5 Å². The lowest BCUT2D eigenvalue weighted by molar-refractivity contribution is 0.0735. The minimum absolute atomic E-state index is 0.0491. The number of rotatable bonds is 2. The van der Waals surface area contributed by atoms with Crippen molar-refractivity contribution in [3.8, 4) is 22.8 Å². The van der Waals surface area contributed by atoms with Crippen molar-refractivity contribution < 1.29 is 19.5 Å². The van der Waals surface area contributed by atoms with Crippen LogP contribution in [0.4, 0.5) is 0 Å². The van der Waals surface area contributed by atoms with Crippen molar-refractivity contribution in [2.45, 2.75) is 13.0 Å². The van der Waals surface area contributed by atoms with Crippen molar-refractivity contribution in [1.29, 1.82) is 0 Å². The first-order chi connectivity index (χ1) is 12.0. The average Bonchev–Trinajstić information content (AvgIpc) is 3.26. The smallest absolute Gasteiger partial charge is 0.255 e. The van der Waals surface area contributed by atoms with Gasteiger partial charge in [0.15, 0.2) is 5.76 Å². The second kappa shape index (κ2) is 6.09. The van der Waals surface area contributed by atoms with Crippen LogP contribution in [0.15, 0.2) is 33.5 Å². The number of aromatic nitrogens is 1. The van der Waals surface area contributed by atoms with Crippen LogP contribution in [0.2, 0.25) is 5.02 Å². The van der Waals surface area contributed by atoms with E-state index in [4.69, 9.17) is 16.1 Å². The molecule has 0 fully saturated rings. The zero-order valence-corrected chi connectivity index (χ0v) is 14.5. The van der Waals surface area contributed by atoms with Crippen molar-refractivity contribution in [2.24, 2.45) is 0 Å². The number of fused-ring (bicyclic) bond motifs is 1. The van der Waals surface area contributed by atoms with Crippen LogP contribution in [0, 0.1) is 0 Å². The highest BCUT2D eigenvalue weighted by molar-refractivity contribution is 7.08. The molecule has 128 valence electrons. The van der Waals surface area contributed by atoms with Crippen molar-refractivity contribution >= 4 is 28.8 Å². The highest BCUT2D eigenvalue weighted by Crippen LogP contribution is 2.40. The molecule has 25 heavy (non-hydrogen) atoms. The first-order valence-electron chi connectivity index (χ1n) is 7.55. The highest BCUT2D eigenvalue weighted by Gasteiger charge is 2.29. The summed E-state index contributed by atoms with van der Waals surface area (Å²) in [6.45, 7) is 0.886. The van der Waals surface area contributed by atoms with Gasteiger partial charge in [-0.05, 0) is 17.5 Å². The predicted molar refractivity (Wildman–Crippen MR) is 93.0 cm³/mol. The summed E-state index contributed by atoms with van der Waals surface area (Å²) in [6, 6.07) is 4.37. The van der Waals surface area contributed by atoms with Gasteiger partial charge in [-0.2, -0.15) is 11.3 Å². The van der Waals surface area contributed by atoms with Crippen LogP contribution in [-0.4, -0.2) is 32.7 Å². The predicted octanol–water partition coefficient (Wildman–Crippen LogP) is 3.67. The summed E-state index contributed by atoms with van der Waals surface area (Å²) < 4.78 is 5.41. The van der Waals surface area contributed by atoms with Gasteiger partial charge in [-0.15, -0.1) is 0 Å². The molecule has 1 aliphatic heterocycles. The lowest BCUT2D eigenvalue weighted by Gasteiger charge is -2.26. The van der Waals surface area contributed by atoms with Crippen molar-refractivity contribution in [1.82, 2.24) is 10.1 Å². The van der Waals surface area contributed by atoms with Gasteiger partial charge in [0.05, 0.1) is 28.4 Å². The lowest BCUT2D eigenvalue weighted by Crippen LogP contribution is -2.35. The summed E-state index contributed by atoms with van der Waals surface area (Å²) in [5.74, 6) is -0.0723. The first-order valence-corrected chi connectivity index (χ1v) is 8.87. The molecular formula is C17H13ClN2O4S. The molecule has 0 saturated carbocycles. The number of phenols is 2. The zero-order valence-electron chi connectivity index (χ0n) is 12.9. The number of thiophene rings is 1. The molecule has 2 N–H and O–H groups in total. The topological polar surface area (TPSA) is 86.8 Å². The largest absolute Gasteiger partial charge is 0.507 e. The maximum absolute atomic E-state index is 12.6. The maximum Gasteiger partial charge on any atom is 0.255 e. The molecule has 1 aliphatic rings. The molecule has 2 aromatic heterocycles. The molecule has 8 heteroatoms. The van der Waals surface area contributed by atoms with E-state index in [1.807, 2.05) is 10.8 Å². The number of hydrogen-bond acceptors (Lipinski definition) is 6. The number of amides is 1. The number of aromatic hydroxyl groups is 2. The SMILES string of the molecule is O=C(c1ccsc1)N1CCc2noc(-c3cc(Cl)c(O)cc3O)c2C1. The zero-order chi connectivity index (χ0) is 17.6. The van der Waals surface area contributed by atoms with Gasteiger partial charge in [-0.25, -0.2) is 0 Å².